The molecule has 0 spiro atoms. The summed E-state index contributed by atoms with van der Waals surface area (Å²) >= 11 is 0. The van der Waals surface area contributed by atoms with E-state index in [9.17, 15) is 4.79 Å². The van der Waals surface area contributed by atoms with Crippen molar-refractivity contribution >= 4 is 5.91 Å². The van der Waals surface area contributed by atoms with Gasteiger partial charge < -0.3 is 4.90 Å². The van der Waals surface area contributed by atoms with Crippen molar-refractivity contribution in [1.82, 2.24) is 24.6 Å². The van der Waals surface area contributed by atoms with Gasteiger partial charge in [-0.2, -0.15) is 5.10 Å². The number of carbonyl (C=O) groups is 1. The number of pyridine rings is 1. The highest BCUT2D eigenvalue weighted by molar-refractivity contribution is 5.84. The zero-order valence-electron chi connectivity index (χ0n) is 16.6. The van der Waals surface area contributed by atoms with Crippen LogP contribution >= 0.6 is 0 Å². The Morgan fingerprint density at radius 3 is 2.59 bits per heavy atom. The molecule has 1 atom stereocenters. The average molecular weight is 367 g/mol. The SMILES string of the molecule is Cc1nn(C)c(C)c1CN(C(=O)[C@H](c1cccnc1)N1CCCC1)C1CC1. The molecule has 2 fully saturated rings. The Balaban J connectivity index is 1.65. The van der Waals surface area contributed by atoms with Gasteiger partial charge in [-0.25, -0.2) is 0 Å². The quantitative estimate of drug-likeness (QED) is 0.788. The lowest BCUT2D eigenvalue weighted by Gasteiger charge is -2.33. The third-order valence-electron chi connectivity index (χ3n) is 6.00. The fourth-order valence-corrected chi connectivity index (χ4v) is 4.19. The Bertz CT molecular complexity index is 805. The highest BCUT2D eigenvalue weighted by Gasteiger charge is 2.40. The molecular formula is C21H29N5O. The van der Waals surface area contributed by atoms with Gasteiger partial charge in [0.2, 0.25) is 5.91 Å². The van der Waals surface area contributed by atoms with Crippen LogP contribution in [-0.4, -0.2) is 49.6 Å². The minimum absolute atomic E-state index is 0.218. The maximum Gasteiger partial charge on any atom is 0.245 e. The molecule has 0 unspecified atom stereocenters. The number of aryl methyl sites for hydroxylation is 2. The molecule has 0 radical (unpaired) electrons. The van der Waals surface area contributed by atoms with E-state index >= 15 is 0 Å². The van der Waals surface area contributed by atoms with E-state index in [2.05, 4.69) is 26.8 Å². The highest BCUT2D eigenvalue weighted by atomic mass is 16.2. The monoisotopic (exact) mass is 367 g/mol. The minimum Gasteiger partial charge on any atom is -0.334 e. The van der Waals surface area contributed by atoms with Gasteiger partial charge in [0.05, 0.1) is 5.69 Å². The van der Waals surface area contributed by atoms with Crippen molar-refractivity contribution in [2.45, 2.75) is 58.2 Å². The van der Waals surface area contributed by atoms with Gasteiger partial charge in [-0.1, -0.05) is 6.07 Å². The largest absolute Gasteiger partial charge is 0.334 e. The molecule has 1 saturated heterocycles. The third-order valence-corrected chi connectivity index (χ3v) is 6.00. The molecule has 0 N–H and O–H groups in total. The van der Waals surface area contributed by atoms with Crippen LogP contribution in [0.2, 0.25) is 0 Å². The first kappa shape index (κ1) is 18.2. The second kappa shape index (κ2) is 7.43. The molecule has 1 saturated carbocycles. The van der Waals surface area contributed by atoms with Gasteiger partial charge in [0.15, 0.2) is 0 Å². The first-order valence-electron chi connectivity index (χ1n) is 10.00. The van der Waals surface area contributed by atoms with Gasteiger partial charge in [0.1, 0.15) is 6.04 Å². The van der Waals surface area contributed by atoms with Crippen LogP contribution in [-0.2, 0) is 18.4 Å². The fourth-order valence-electron chi connectivity index (χ4n) is 4.19. The Labute approximate surface area is 161 Å². The number of likely N-dealkylation sites (tertiary alicyclic amines) is 1. The van der Waals surface area contributed by atoms with Crippen LogP contribution in [0.1, 0.15) is 54.2 Å². The number of hydrogen-bond acceptors (Lipinski definition) is 4. The molecule has 6 heteroatoms. The van der Waals surface area contributed by atoms with Crippen molar-refractivity contribution in [3.8, 4) is 0 Å². The number of amides is 1. The van der Waals surface area contributed by atoms with Crippen LogP contribution in [0.5, 0.6) is 0 Å². The van der Waals surface area contributed by atoms with Crippen LogP contribution in [0.15, 0.2) is 24.5 Å². The summed E-state index contributed by atoms with van der Waals surface area (Å²) in [7, 11) is 1.97. The van der Waals surface area contributed by atoms with Gasteiger partial charge >= 0.3 is 0 Å². The summed E-state index contributed by atoms with van der Waals surface area (Å²) in [4.78, 5) is 22.5. The molecule has 1 amide bonds. The predicted molar refractivity (Wildman–Crippen MR) is 104 cm³/mol. The number of hydrogen-bond donors (Lipinski definition) is 0. The smallest absolute Gasteiger partial charge is 0.245 e. The van der Waals surface area contributed by atoms with Crippen molar-refractivity contribution in [2.75, 3.05) is 13.1 Å². The number of rotatable bonds is 6. The Kier molecular flexibility index (Phi) is 5.00. The van der Waals surface area contributed by atoms with Crippen LogP contribution in [0.25, 0.3) is 0 Å². The van der Waals surface area contributed by atoms with Gasteiger partial charge in [0.25, 0.3) is 0 Å². The molecule has 2 aromatic rings. The van der Waals surface area contributed by atoms with Crippen LogP contribution in [0.4, 0.5) is 0 Å². The minimum atomic E-state index is -0.223. The van der Waals surface area contributed by atoms with E-state index in [4.69, 9.17) is 0 Å². The third kappa shape index (κ3) is 3.63. The molecule has 2 aliphatic rings. The Morgan fingerprint density at radius 2 is 2.04 bits per heavy atom. The number of nitrogens with zero attached hydrogens (tertiary/aromatic N) is 5. The van der Waals surface area contributed by atoms with Gasteiger partial charge in [-0.3, -0.25) is 19.4 Å². The molecule has 2 aromatic heterocycles. The summed E-state index contributed by atoms with van der Waals surface area (Å²) < 4.78 is 1.92. The first-order chi connectivity index (χ1) is 13.1. The topological polar surface area (TPSA) is 54.3 Å². The molecule has 3 heterocycles. The molecule has 6 nitrogen and oxygen atoms in total. The molecule has 0 aromatic carbocycles. The van der Waals surface area contributed by atoms with E-state index in [-0.39, 0.29) is 11.9 Å². The predicted octanol–water partition coefficient (Wildman–Crippen LogP) is 2.76. The number of carbonyl (C=O) groups excluding carboxylic acids is 1. The number of aromatic nitrogens is 3. The van der Waals surface area contributed by atoms with Crippen molar-refractivity contribution in [3.05, 3.63) is 47.0 Å². The second-order valence-electron chi connectivity index (χ2n) is 7.90. The molecule has 0 bridgehead atoms. The van der Waals surface area contributed by atoms with E-state index in [1.54, 1.807) is 6.20 Å². The summed E-state index contributed by atoms with van der Waals surface area (Å²) in [6.45, 7) is 6.74. The van der Waals surface area contributed by atoms with E-state index in [0.29, 0.717) is 12.6 Å². The lowest BCUT2D eigenvalue weighted by molar-refractivity contribution is -0.138. The summed E-state index contributed by atoms with van der Waals surface area (Å²) in [6.07, 6.45) is 8.15. The van der Waals surface area contributed by atoms with Gasteiger partial charge in [-0.15, -0.1) is 0 Å². The normalized spacial score (nSPS) is 18.6. The summed E-state index contributed by atoms with van der Waals surface area (Å²) in [5.41, 5.74) is 4.36. The zero-order chi connectivity index (χ0) is 19.0. The summed E-state index contributed by atoms with van der Waals surface area (Å²) in [5, 5.41) is 4.54. The molecule has 144 valence electrons. The summed E-state index contributed by atoms with van der Waals surface area (Å²) in [6, 6.07) is 4.11. The molecular weight excluding hydrogens is 338 g/mol. The molecule has 1 aliphatic heterocycles. The van der Waals surface area contributed by atoms with Gasteiger partial charge in [-0.05, 0) is 64.3 Å². The van der Waals surface area contributed by atoms with E-state index in [1.807, 2.05) is 37.0 Å². The Hall–Kier alpha value is -2.21. The van der Waals surface area contributed by atoms with Crippen molar-refractivity contribution in [2.24, 2.45) is 7.05 Å². The first-order valence-corrected chi connectivity index (χ1v) is 10.00. The average Bonchev–Trinajstić information content (AvgIpc) is 3.31. The van der Waals surface area contributed by atoms with Crippen molar-refractivity contribution in [3.63, 3.8) is 0 Å². The summed E-state index contributed by atoms with van der Waals surface area (Å²) in [5.74, 6) is 0.218. The second-order valence-corrected chi connectivity index (χ2v) is 7.90. The molecule has 1 aliphatic carbocycles. The molecule has 4 rings (SSSR count). The van der Waals surface area contributed by atoms with Crippen LogP contribution in [0, 0.1) is 13.8 Å². The fraction of sp³-hybridized carbons (Fsp3) is 0.571. The van der Waals surface area contributed by atoms with Crippen molar-refractivity contribution < 1.29 is 4.79 Å². The van der Waals surface area contributed by atoms with E-state index in [0.717, 1.165) is 55.7 Å². The van der Waals surface area contributed by atoms with Crippen LogP contribution in [0.3, 0.4) is 0 Å². The lowest BCUT2D eigenvalue weighted by Crippen LogP contribution is -2.43. The van der Waals surface area contributed by atoms with Crippen LogP contribution < -0.4 is 0 Å². The van der Waals surface area contributed by atoms with Crippen molar-refractivity contribution in [1.29, 1.82) is 0 Å². The molecule has 27 heavy (non-hydrogen) atoms. The lowest BCUT2D eigenvalue weighted by atomic mass is 10.0. The van der Waals surface area contributed by atoms with Gasteiger partial charge in [0, 0.05) is 43.3 Å². The van der Waals surface area contributed by atoms with E-state index in [1.165, 1.54) is 5.56 Å². The maximum absolute atomic E-state index is 13.8. The highest BCUT2D eigenvalue weighted by Crippen LogP contribution is 2.34. The zero-order valence-corrected chi connectivity index (χ0v) is 16.6. The van der Waals surface area contributed by atoms with E-state index < -0.39 is 0 Å². The standard InChI is InChI=1S/C21H29N5O/c1-15-19(16(2)24(3)23-15)14-26(18-8-9-18)21(27)20(25-11-4-5-12-25)17-7-6-10-22-13-17/h6-7,10,13,18,20H,4-5,8-9,11-12,14H2,1-3H3/t20-/m0/s1. The Morgan fingerprint density at radius 1 is 1.30 bits per heavy atom. The maximum atomic E-state index is 13.8.